The van der Waals surface area contributed by atoms with Crippen LogP contribution in [-0.2, 0) is 11.8 Å². The molecule has 0 radical (unpaired) electrons. The molecule has 0 spiro atoms. The Balaban J connectivity index is 1.87. The summed E-state index contributed by atoms with van der Waals surface area (Å²) in [4.78, 5) is 32.2. The SMILES string of the molecule is CCC1C(=O)NCCN1C(=O)c1cc(-c2cn(C)nc2C)nc2ccccc12. The number of hydrogen-bond acceptors (Lipinski definition) is 4. The lowest BCUT2D eigenvalue weighted by Crippen LogP contribution is -2.56. The van der Waals surface area contributed by atoms with Gasteiger partial charge < -0.3 is 10.2 Å². The molecule has 1 unspecified atom stereocenters. The van der Waals surface area contributed by atoms with Crippen LogP contribution in [0.4, 0.5) is 0 Å². The summed E-state index contributed by atoms with van der Waals surface area (Å²) in [7, 11) is 1.86. The van der Waals surface area contributed by atoms with E-state index in [9.17, 15) is 9.59 Å². The van der Waals surface area contributed by atoms with E-state index in [4.69, 9.17) is 4.98 Å². The third kappa shape index (κ3) is 3.02. The Labute approximate surface area is 163 Å². The molecule has 1 aliphatic rings. The van der Waals surface area contributed by atoms with Gasteiger partial charge in [0.15, 0.2) is 0 Å². The maximum absolute atomic E-state index is 13.5. The number of fused-ring (bicyclic) bond motifs is 1. The van der Waals surface area contributed by atoms with Crippen LogP contribution in [0.5, 0.6) is 0 Å². The van der Waals surface area contributed by atoms with Gasteiger partial charge in [0.1, 0.15) is 6.04 Å². The third-order valence-corrected chi connectivity index (χ3v) is 5.21. The minimum atomic E-state index is -0.447. The van der Waals surface area contributed by atoms with Crippen molar-refractivity contribution in [3.8, 4) is 11.3 Å². The first-order chi connectivity index (χ1) is 13.5. The van der Waals surface area contributed by atoms with Crippen LogP contribution in [0.3, 0.4) is 0 Å². The first-order valence-corrected chi connectivity index (χ1v) is 9.48. The number of benzene rings is 1. The molecule has 144 valence electrons. The summed E-state index contributed by atoms with van der Waals surface area (Å²) in [6.45, 7) is 4.82. The van der Waals surface area contributed by atoms with Crippen molar-refractivity contribution in [2.45, 2.75) is 26.3 Å². The van der Waals surface area contributed by atoms with E-state index in [1.54, 1.807) is 9.58 Å². The van der Waals surface area contributed by atoms with Gasteiger partial charge in [-0.05, 0) is 25.5 Å². The second-order valence-corrected chi connectivity index (χ2v) is 7.09. The van der Waals surface area contributed by atoms with Crippen molar-refractivity contribution in [2.75, 3.05) is 13.1 Å². The molecule has 7 nitrogen and oxygen atoms in total. The van der Waals surface area contributed by atoms with Gasteiger partial charge in [-0.1, -0.05) is 25.1 Å². The van der Waals surface area contributed by atoms with Crippen molar-refractivity contribution in [2.24, 2.45) is 7.05 Å². The highest BCUT2D eigenvalue weighted by molar-refractivity contribution is 6.08. The van der Waals surface area contributed by atoms with E-state index in [0.717, 1.165) is 22.2 Å². The van der Waals surface area contributed by atoms with Crippen LogP contribution in [-0.4, -0.2) is 50.6 Å². The molecule has 1 fully saturated rings. The Hall–Kier alpha value is -3.22. The summed E-state index contributed by atoms with van der Waals surface area (Å²) in [6, 6.07) is 9.00. The fourth-order valence-corrected chi connectivity index (χ4v) is 3.86. The maximum Gasteiger partial charge on any atom is 0.255 e. The van der Waals surface area contributed by atoms with Gasteiger partial charge in [0.2, 0.25) is 5.91 Å². The summed E-state index contributed by atoms with van der Waals surface area (Å²) in [6.07, 6.45) is 2.49. The van der Waals surface area contributed by atoms with Gasteiger partial charge >= 0.3 is 0 Å². The van der Waals surface area contributed by atoms with Crippen molar-refractivity contribution in [3.05, 3.63) is 47.8 Å². The Morgan fingerprint density at radius 2 is 2.11 bits per heavy atom. The van der Waals surface area contributed by atoms with Crippen molar-refractivity contribution >= 4 is 22.7 Å². The zero-order valence-electron chi connectivity index (χ0n) is 16.3. The minimum Gasteiger partial charge on any atom is -0.353 e. The lowest BCUT2D eigenvalue weighted by molar-refractivity contribution is -0.127. The zero-order chi connectivity index (χ0) is 19.8. The van der Waals surface area contributed by atoms with Gasteiger partial charge in [0.05, 0.1) is 22.5 Å². The average molecular weight is 377 g/mol. The molecule has 4 rings (SSSR count). The predicted octanol–water partition coefficient (Wildman–Crippen LogP) is 2.29. The summed E-state index contributed by atoms with van der Waals surface area (Å²) in [5.41, 5.74) is 3.78. The molecule has 2 aromatic heterocycles. The van der Waals surface area contributed by atoms with Crippen LogP contribution in [0.25, 0.3) is 22.2 Å². The van der Waals surface area contributed by atoms with Crippen molar-refractivity contribution < 1.29 is 9.59 Å². The molecule has 1 atom stereocenters. The van der Waals surface area contributed by atoms with E-state index < -0.39 is 6.04 Å². The van der Waals surface area contributed by atoms with Crippen LogP contribution < -0.4 is 5.32 Å². The first-order valence-electron chi connectivity index (χ1n) is 9.48. The number of carbonyl (C=O) groups excluding carboxylic acids is 2. The molecule has 1 N–H and O–H groups in total. The summed E-state index contributed by atoms with van der Waals surface area (Å²) in [5, 5.41) is 8.03. The molecule has 1 saturated heterocycles. The molecule has 1 aliphatic heterocycles. The van der Waals surface area contributed by atoms with E-state index in [0.29, 0.717) is 30.8 Å². The van der Waals surface area contributed by atoms with Crippen molar-refractivity contribution in [3.63, 3.8) is 0 Å². The van der Waals surface area contributed by atoms with E-state index >= 15 is 0 Å². The van der Waals surface area contributed by atoms with E-state index in [1.165, 1.54) is 0 Å². The number of nitrogens with one attached hydrogen (secondary N) is 1. The van der Waals surface area contributed by atoms with Gasteiger partial charge in [-0.3, -0.25) is 14.3 Å². The molecule has 7 heteroatoms. The Morgan fingerprint density at radius 1 is 1.32 bits per heavy atom. The monoisotopic (exact) mass is 377 g/mol. The second kappa shape index (κ2) is 7.07. The number of hydrogen-bond donors (Lipinski definition) is 1. The third-order valence-electron chi connectivity index (χ3n) is 5.21. The first kappa shape index (κ1) is 18.2. The number of carbonyl (C=O) groups is 2. The van der Waals surface area contributed by atoms with Crippen molar-refractivity contribution in [1.29, 1.82) is 0 Å². The highest BCUT2D eigenvalue weighted by Crippen LogP contribution is 2.28. The Kier molecular flexibility index (Phi) is 4.58. The highest BCUT2D eigenvalue weighted by atomic mass is 16.2. The lowest BCUT2D eigenvalue weighted by atomic mass is 10.0. The quantitative estimate of drug-likeness (QED) is 0.759. The molecule has 2 amide bonds. The Morgan fingerprint density at radius 3 is 2.82 bits per heavy atom. The average Bonchev–Trinajstić information content (AvgIpc) is 3.04. The number of rotatable bonds is 3. The van der Waals surface area contributed by atoms with Crippen LogP contribution in [0, 0.1) is 6.92 Å². The van der Waals surface area contributed by atoms with Crippen LogP contribution >= 0.6 is 0 Å². The topological polar surface area (TPSA) is 80.1 Å². The van der Waals surface area contributed by atoms with Crippen LogP contribution in [0.2, 0.25) is 0 Å². The van der Waals surface area contributed by atoms with Gasteiger partial charge in [-0.2, -0.15) is 5.10 Å². The number of amides is 2. The molecular weight excluding hydrogens is 354 g/mol. The smallest absolute Gasteiger partial charge is 0.255 e. The molecule has 3 aromatic rings. The molecule has 0 bridgehead atoms. The number of para-hydroxylation sites is 1. The second-order valence-electron chi connectivity index (χ2n) is 7.09. The zero-order valence-corrected chi connectivity index (χ0v) is 16.3. The molecule has 0 aliphatic carbocycles. The van der Waals surface area contributed by atoms with Gasteiger partial charge in [0.25, 0.3) is 5.91 Å². The largest absolute Gasteiger partial charge is 0.353 e. The summed E-state index contributed by atoms with van der Waals surface area (Å²) >= 11 is 0. The van der Waals surface area contributed by atoms with Crippen LogP contribution in [0.15, 0.2) is 36.5 Å². The van der Waals surface area contributed by atoms with E-state index in [2.05, 4.69) is 10.4 Å². The molecule has 0 saturated carbocycles. The summed E-state index contributed by atoms with van der Waals surface area (Å²) in [5.74, 6) is -0.230. The van der Waals surface area contributed by atoms with Crippen LogP contribution in [0.1, 0.15) is 29.4 Å². The standard InChI is InChI=1S/C21H23N5O2/c1-4-19-20(27)22-9-10-26(19)21(28)15-11-18(16-12-25(3)24-13(16)2)23-17-8-6-5-7-14(15)17/h5-8,11-12,19H,4,9-10H2,1-3H3,(H,22,27). The summed E-state index contributed by atoms with van der Waals surface area (Å²) < 4.78 is 1.74. The number of aryl methyl sites for hydroxylation is 2. The van der Waals surface area contributed by atoms with E-state index in [1.807, 2.05) is 57.4 Å². The van der Waals surface area contributed by atoms with Gasteiger partial charge in [-0.25, -0.2) is 4.98 Å². The molecule has 3 heterocycles. The lowest BCUT2D eigenvalue weighted by Gasteiger charge is -2.34. The number of piperazine rings is 1. The minimum absolute atomic E-state index is 0.0937. The number of aromatic nitrogens is 3. The molecule has 1 aromatic carbocycles. The number of nitrogens with zero attached hydrogens (tertiary/aromatic N) is 4. The van der Waals surface area contributed by atoms with Gasteiger partial charge in [-0.15, -0.1) is 0 Å². The van der Waals surface area contributed by atoms with Gasteiger partial charge in [0, 0.05) is 37.3 Å². The molecule has 28 heavy (non-hydrogen) atoms. The Bertz CT molecular complexity index is 1070. The van der Waals surface area contributed by atoms with Crippen molar-refractivity contribution in [1.82, 2.24) is 25.0 Å². The highest BCUT2D eigenvalue weighted by Gasteiger charge is 2.33. The number of pyridine rings is 1. The predicted molar refractivity (Wildman–Crippen MR) is 107 cm³/mol. The molecular formula is C21H23N5O2. The maximum atomic E-state index is 13.5. The van der Waals surface area contributed by atoms with E-state index in [-0.39, 0.29) is 11.8 Å². The fraction of sp³-hybridized carbons (Fsp3) is 0.333. The fourth-order valence-electron chi connectivity index (χ4n) is 3.86. The normalized spacial score (nSPS) is 17.0.